The summed E-state index contributed by atoms with van der Waals surface area (Å²) in [5.41, 5.74) is 0.682. The Morgan fingerprint density at radius 2 is 2.14 bits per heavy atom. The van der Waals surface area contributed by atoms with E-state index in [0.717, 1.165) is 25.8 Å². The van der Waals surface area contributed by atoms with E-state index in [1.54, 1.807) is 18.2 Å². The standard InChI is InChI=1S/C17H24N2O3/c1-4-6-12-18(14(3)5-2)17(20)11-10-15-8-7-9-16(13-15)19(21)22/h7-11,13-14H,4-6,12H2,1-3H3/b11-10+. The monoisotopic (exact) mass is 304 g/mol. The van der Waals surface area contributed by atoms with Gasteiger partial charge in [-0.05, 0) is 31.4 Å². The number of rotatable bonds is 8. The minimum atomic E-state index is -0.439. The normalized spacial score (nSPS) is 12.3. The third kappa shape index (κ3) is 5.31. The lowest BCUT2D eigenvalue weighted by atomic mass is 10.1. The summed E-state index contributed by atoms with van der Waals surface area (Å²) in [4.78, 5) is 24.5. The molecule has 1 rings (SSSR count). The average molecular weight is 304 g/mol. The molecule has 1 aromatic carbocycles. The quantitative estimate of drug-likeness (QED) is 0.414. The van der Waals surface area contributed by atoms with E-state index < -0.39 is 4.92 Å². The molecule has 120 valence electrons. The van der Waals surface area contributed by atoms with Crippen molar-refractivity contribution in [2.75, 3.05) is 6.54 Å². The smallest absolute Gasteiger partial charge is 0.270 e. The summed E-state index contributed by atoms with van der Waals surface area (Å²) in [6.07, 6.45) is 6.05. The van der Waals surface area contributed by atoms with Gasteiger partial charge in [-0.25, -0.2) is 0 Å². The highest BCUT2D eigenvalue weighted by Crippen LogP contribution is 2.15. The Bertz CT molecular complexity index is 540. The Morgan fingerprint density at radius 3 is 2.73 bits per heavy atom. The van der Waals surface area contributed by atoms with Crippen LogP contribution in [0, 0.1) is 10.1 Å². The summed E-state index contributed by atoms with van der Waals surface area (Å²) >= 11 is 0. The molecule has 1 unspecified atom stereocenters. The van der Waals surface area contributed by atoms with Crippen LogP contribution in [0.3, 0.4) is 0 Å². The zero-order chi connectivity index (χ0) is 16.5. The number of amides is 1. The fourth-order valence-corrected chi connectivity index (χ4v) is 2.10. The molecule has 0 saturated carbocycles. The summed E-state index contributed by atoms with van der Waals surface area (Å²) in [5.74, 6) is -0.0469. The van der Waals surface area contributed by atoms with E-state index in [4.69, 9.17) is 0 Å². The topological polar surface area (TPSA) is 63.5 Å². The number of benzene rings is 1. The molecule has 0 radical (unpaired) electrons. The first-order valence-electron chi connectivity index (χ1n) is 7.72. The average Bonchev–Trinajstić information content (AvgIpc) is 2.53. The highest BCUT2D eigenvalue weighted by Gasteiger charge is 2.15. The van der Waals surface area contributed by atoms with Crippen molar-refractivity contribution in [2.24, 2.45) is 0 Å². The van der Waals surface area contributed by atoms with Crippen molar-refractivity contribution in [3.05, 3.63) is 46.0 Å². The molecular formula is C17H24N2O3. The van der Waals surface area contributed by atoms with Gasteiger partial charge < -0.3 is 4.90 Å². The lowest BCUT2D eigenvalue weighted by molar-refractivity contribution is -0.384. The van der Waals surface area contributed by atoms with Gasteiger partial charge in [0, 0.05) is 30.8 Å². The molecule has 0 spiro atoms. The summed E-state index contributed by atoms with van der Waals surface area (Å²) in [5, 5.41) is 10.8. The first-order chi connectivity index (χ1) is 10.5. The molecular weight excluding hydrogens is 280 g/mol. The summed E-state index contributed by atoms with van der Waals surface area (Å²) in [7, 11) is 0. The van der Waals surface area contributed by atoms with Crippen molar-refractivity contribution in [2.45, 2.75) is 46.1 Å². The van der Waals surface area contributed by atoms with E-state index in [-0.39, 0.29) is 17.6 Å². The van der Waals surface area contributed by atoms with Gasteiger partial charge in [0.25, 0.3) is 5.69 Å². The zero-order valence-electron chi connectivity index (χ0n) is 13.5. The second kappa shape index (κ2) is 8.97. The minimum Gasteiger partial charge on any atom is -0.336 e. The van der Waals surface area contributed by atoms with Crippen molar-refractivity contribution in [3.63, 3.8) is 0 Å². The largest absolute Gasteiger partial charge is 0.336 e. The van der Waals surface area contributed by atoms with Crippen LogP contribution in [-0.2, 0) is 4.79 Å². The second-order valence-corrected chi connectivity index (χ2v) is 5.33. The van der Waals surface area contributed by atoms with Crippen LogP contribution in [0.5, 0.6) is 0 Å². The van der Waals surface area contributed by atoms with Gasteiger partial charge in [-0.1, -0.05) is 32.4 Å². The molecule has 0 saturated heterocycles. The maximum absolute atomic E-state index is 12.3. The summed E-state index contributed by atoms with van der Waals surface area (Å²) in [6, 6.07) is 6.45. The molecule has 0 N–H and O–H groups in total. The molecule has 0 heterocycles. The number of hydrogen-bond donors (Lipinski definition) is 0. The van der Waals surface area contributed by atoms with Gasteiger partial charge in [0.2, 0.25) is 5.91 Å². The zero-order valence-corrected chi connectivity index (χ0v) is 13.5. The number of nitro groups is 1. The number of nitrogens with zero attached hydrogens (tertiary/aromatic N) is 2. The van der Waals surface area contributed by atoms with E-state index in [0.29, 0.717) is 5.56 Å². The highest BCUT2D eigenvalue weighted by atomic mass is 16.6. The van der Waals surface area contributed by atoms with Crippen LogP contribution < -0.4 is 0 Å². The van der Waals surface area contributed by atoms with Gasteiger partial charge in [-0.15, -0.1) is 0 Å². The summed E-state index contributed by atoms with van der Waals surface area (Å²) < 4.78 is 0. The second-order valence-electron chi connectivity index (χ2n) is 5.33. The van der Waals surface area contributed by atoms with Gasteiger partial charge >= 0.3 is 0 Å². The van der Waals surface area contributed by atoms with Crippen molar-refractivity contribution in [1.82, 2.24) is 4.90 Å². The molecule has 0 aliphatic rings. The van der Waals surface area contributed by atoms with Gasteiger partial charge in [-0.2, -0.15) is 0 Å². The number of carbonyl (C=O) groups is 1. The Morgan fingerprint density at radius 1 is 1.41 bits per heavy atom. The van der Waals surface area contributed by atoms with Crippen LogP contribution in [0.1, 0.15) is 45.6 Å². The van der Waals surface area contributed by atoms with Crippen LogP contribution in [0.2, 0.25) is 0 Å². The van der Waals surface area contributed by atoms with Crippen molar-refractivity contribution >= 4 is 17.7 Å². The van der Waals surface area contributed by atoms with Crippen LogP contribution >= 0.6 is 0 Å². The summed E-state index contributed by atoms with van der Waals surface area (Å²) in [6.45, 7) is 6.93. The van der Waals surface area contributed by atoms with Gasteiger partial charge in [0.1, 0.15) is 0 Å². The van der Waals surface area contributed by atoms with Crippen LogP contribution in [0.4, 0.5) is 5.69 Å². The highest BCUT2D eigenvalue weighted by molar-refractivity contribution is 5.92. The van der Waals surface area contributed by atoms with E-state index in [2.05, 4.69) is 13.8 Å². The predicted octanol–water partition coefficient (Wildman–Crippen LogP) is 4.04. The van der Waals surface area contributed by atoms with Crippen molar-refractivity contribution < 1.29 is 9.72 Å². The Balaban J connectivity index is 2.83. The Labute approximate surface area is 131 Å². The number of nitro benzene ring substituents is 1. The fourth-order valence-electron chi connectivity index (χ4n) is 2.10. The van der Waals surface area contributed by atoms with Crippen LogP contribution in [0.25, 0.3) is 6.08 Å². The van der Waals surface area contributed by atoms with E-state index in [1.165, 1.54) is 18.2 Å². The van der Waals surface area contributed by atoms with E-state index >= 15 is 0 Å². The predicted molar refractivity (Wildman–Crippen MR) is 88.5 cm³/mol. The molecule has 0 aliphatic heterocycles. The lowest BCUT2D eigenvalue weighted by Gasteiger charge is -2.27. The van der Waals surface area contributed by atoms with E-state index in [9.17, 15) is 14.9 Å². The van der Waals surface area contributed by atoms with Gasteiger partial charge in [0.05, 0.1) is 4.92 Å². The molecule has 1 amide bonds. The molecule has 0 fully saturated rings. The van der Waals surface area contributed by atoms with Gasteiger partial charge in [0.15, 0.2) is 0 Å². The number of carbonyl (C=O) groups excluding carboxylic acids is 1. The molecule has 1 atom stereocenters. The fraction of sp³-hybridized carbons (Fsp3) is 0.471. The maximum atomic E-state index is 12.3. The SMILES string of the molecule is CCCCN(C(=O)/C=C/c1cccc([N+](=O)[O-])c1)C(C)CC. The molecule has 5 heteroatoms. The van der Waals surface area contributed by atoms with Crippen molar-refractivity contribution in [1.29, 1.82) is 0 Å². The Kier molecular flexibility index (Phi) is 7.29. The molecule has 0 aromatic heterocycles. The van der Waals surface area contributed by atoms with Crippen LogP contribution in [0.15, 0.2) is 30.3 Å². The molecule has 5 nitrogen and oxygen atoms in total. The number of unbranched alkanes of at least 4 members (excludes halogenated alkanes) is 1. The van der Waals surface area contributed by atoms with Gasteiger partial charge in [-0.3, -0.25) is 14.9 Å². The first kappa shape index (κ1) is 17.9. The molecule has 0 bridgehead atoms. The number of hydrogen-bond acceptors (Lipinski definition) is 3. The molecule has 1 aromatic rings. The third-order valence-electron chi connectivity index (χ3n) is 3.66. The van der Waals surface area contributed by atoms with Crippen LogP contribution in [-0.4, -0.2) is 28.3 Å². The molecule has 22 heavy (non-hydrogen) atoms. The number of non-ortho nitro benzene ring substituents is 1. The van der Waals surface area contributed by atoms with E-state index in [1.807, 2.05) is 11.8 Å². The maximum Gasteiger partial charge on any atom is 0.270 e. The Hall–Kier alpha value is -2.17. The third-order valence-corrected chi connectivity index (χ3v) is 3.66. The lowest BCUT2D eigenvalue weighted by Crippen LogP contribution is -2.37. The first-order valence-corrected chi connectivity index (χ1v) is 7.72. The minimum absolute atomic E-state index is 0.0272. The van der Waals surface area contributed by atoms with Crippen molar-refractivity contribution in [3.8, 4) is 0 Å². The molecule has 0 aliphatic carbocycles.